The Morgan fingerprint density at radius 3 is 2.50 bits per heavy atom. The first-order valence-electron chi connectivity index (χ1n) is 5.41. The summed E-state index contributed by atoms with van der Waals surface area (Å²) in [5, 5.41) is 3.27. The first-order valence-corrected chi connectivity index (χ1v) is 7.82. The smallest absolute Gasteiger partial charge is 0.139 e. The number of thiophene rings is 1. The molecule has 0 aliphatic heterocycles. The lowest BCUT2D eigenvalue weighted by molar-refractivity contribution is 0.621. The quantitative estimate of drug-likeness (QED) is 0.712. The summed E-state index contributed by atoms with van der Waals surface area (Å²) in [6.07, 6.45) is 0. The fourth-order valence-electron chi connectivity index (χ4n) is 1.62. The second-order valence-electron chi connectivity index (χ2n) is 4.05. The van der Waals surface area contributed by atoms with E-state index in [1.54, 1.807) is 17.4 Å². The van der Waals surface area contributed by atoms with Crippen LogP contribution in [0.15, 0.2) is 27.1 Å². The highest BCUT2D eigenvalue weighted by atomic mass is 79.9. The van der Waals surface area contributed by atoms with Gasteiger partial charge in [-0.05, 0) is 69.5 Å². The largest absolute Gasteiger partial charge is 0.380 e. The molecular weight excluding hydrogens is 381 g/mol. The maximum Gasteiger partial charge on any atom is 0.139 e. The van der Waals surface area contributed by atoms with E-state index in [-0.39, 0.29) is 5.82 Å². The highest BCUT2D eigenvalue weighted by Crippen LogP contribution is 2.28. The van der Waals surface area contributed by atoms with Gasteiger partial charge in [-0.1, -0.05) is 0 Å². The summed E-state index contributed by atoms with van der Waals surface area (Å²) in [4.78, 5) is 2.48. The predicted molar refractivity (Wildman–Crippen MR) is 82.9 cm³/mol. The fraction of sp³-hybridized carbons (Fsp3) is 0.231. The van der Waals surface area contributed by atoms with Crippen molar-refractivity contribution in [3.05, 3.63) is 48.3 Å². The van der Waals surface area contributed by atoms with E-state index in [1.807, 2.05) is 6.92 Å². The van der Waals surface area contributed by atoms with Crippen LogP contribution in [0.1, 0.15) is 15.3 Å². The van der Waals surface area contributed by atoms with E-state index in [0.29, 0.717) is 11.0 Å². The second-order valence-corrected chi connectivity index (χ2v) is 7.10. The van der Waals surface area contributed by atoms with Gasteiger partial charge in [0, 0.05) is 26.5 Å². The number of halogens is 3. The molecule has 2 aromatic rings. The van der Waals surface area contributed by atoms with Crippen molar-refractivity contribution < 1.29 is 4.39 Å². The van der Waals surface area contributed by atoms with Gasteiger partial charge >= 0.3 is 0 Å². The highest BCUT2D eigenvalue weighted by Gasteiger charge is 2.07. The van der Waals surface area contributed by atoms with Crippen molar-refractivity contribution in [2.75, 3.05) is 5.32 Å². The Balaban J connectivity index is 2.13. The van der Waals surface area contributed by atoms with Crippen LogP contribution in [0.5, 0.6) is 0 Å². The molecule has 1 nitrogen and oxygen atoms in total. The van der Waals surface area contributed by atoms with Crippen molar-refractivity contribution in [2.24, 2.45) is 0 Å². The van der Waals surface area contributed by atoms with Crippen molar-refractivity contribution in [1.29, 1.82) is 0 Å². The molecule has 0 atom stereocenters. The number of nitrogens with one attached hydrogen (secondary N) is 1. The van der Waals surface area contributed by atoms with Gasteiger partial charge in [-0.2, -0.15) is 0 Å². The average Bonchev–Trinajstić information content (AvgIpc) is 2.62. The van der Waals surface area contributed by atoms with Crippen LogP contribution >= 0.6 is 43.2 Å². The summed E-state index contributed by atoms with van der Waals surface area (Å²) in [5.74, 6) is -0.244. The van der Waals surface area contributed by atoms with Crippen LogP contribution in [0.4, 0.5) is 10.1 Å². The number of hydrogen-bond acceptors (Lipinski definition) is 2. The zero-order valence-electron chi connectivity index (χ0n) is 9.98. The van der Waals surface area contributed by atoms with Crippen molar-refractivity contribution in [3.8, 4) is 0 Å². The fourth-order valence-corrected chi connectivity index (χ4v) is 3.62. The third-order valence-corrected chi connectivity index (χ3v) is 5.37. The molecule has 1 heterocycles. The minimum atomic E-state index is -0.244. The molecule has 0 saturated carbocycles. The molecule has 0 spiro atoms. The van der Waals surface area contributed by atoms with Crippen molar-refractivity contribution in [1.82, 2.24) is 0 Å². The standard InChI is InChI=1S/C13H12Br2FNS/c1-7-3-11(15)12(16)5-13(7)17-6-9-4-10(14)8(2)18-9/h3-5,17H,6H2,1-2H3. The van der Waals surface area contributed by atoms with Gasteiger partial charge in [0.15, 0.2) is 0 Å². The molecule has 96 valence electrons. The van der Waals surface area contributed by atoms with E-state index in [4.69, 9.17) is 0 Å². The van der Waals surface area contributed by atoms with Crippen molar-refractivity contribution >= 4 is 48.9 Å². The summed E-state index contributed by atoms with van der Waals surface area (Å²) in [6.45, 7) is 4.74. The van der Waals surface area contributed by atoms with Gasteiger partial charge in [0.2, 0.25) is 0 Å². The van der Waals surface area contributed by atoms with Crippen molar-refractivity contribution in [2.45, 2.75) is 20.4 Å². The van der Waals surface area contributed by atoms with Gasteiger partial charge in [-0.25, -0.2) is 4.39 Å². The predicted octanol–water partition coefficient (Wildman–Crippen LogP) is 5.64. The monoisotopic (exact) mass is 391 g/mol. The van der Waals surface area contributed by atoms with E-state index in [2.05, 4.69) is 50.2 Å². The maximum absolute atomic E-state index is 13.5. The number of benzene rings is 1. The Morgan fingerprint density at radius 2 is 1.89 bits per heavy atom. The molecule has 0 fully saturated rings. The Morgan fingerprint density at radius 1 is 1.17 bits per heavy atom. The van der Waals surface area contributed by atoms with Crippen molar-refractivity contribution in [3.63, 3.8) is 0 Å². The molecular formula is C13H12Br2FNS. The molecule has 1 aromatic heterocycles. The molecule has 0 amide bonds. The van der Waals surface area contributed by atoms with Crippen LogP contribution in [0, 0.1) is 19.7 Å². The SMILES string of the molecule is Cc1cc(Br)c(F)cc1NCc1cc(Br)c(C)s1. The molecule has 0 aliphatic carbocycles. The van der Waals surface area contributed by atoms with Crippen LogP contribution < -0.4 is 5.32 Å². The maximum atomic E-state index is 13.5. The summed E-state index contributed by atoms with van der Waals surface area (Å²) in [5.41, 5.74) is 1.86. The number of hydrogen-bond donors (Lipinski definition) is 1. The van der Waals surface area contributed by atoms with Gasteiger partial charge in [0.05, 0.1) is 4.47 Å². The van der Waals surface area contributed by atoms with Crippen LogP contribution in [-0.2, 0) is 6.54 Å². The Labute approximate surface area is 127 Å². The third kappa shape index (κ3) is 3.13. The topological polar surface area (TPSA) is 12.0 Å². The summed E-state index contributed by atoms with van der Waals surface area (Å²) >= 11 is 8.41. The minimum absolute atomic E-state index is 0.244. The summed E-state index contributed by atoms with van der Waals surface area (Å²) < 4.78 is 15.1. The molecule has 0 radical (unpaired) electrons. The molecule has 18 heavy (non-hydrogen) atoms. The lowest BCUT2D eigenvalue weighted by Gasteiger charge is -2.09. The zero-order valence-corrected chi connectivity index (χ0v) is 14.0. The van der Waals surface area contributed by atoms with Gasteiger partial charge in [0.1, 0.15) is 5.82 Å². The van der Waals surface area contributed by atoms with Crippen LogP contribution in [0.25, 0.3) is 0 Å². The molecule has 0 aliphatic rings. The minimum Gasteiger partial charge on any atom is -0.380 e. The Bertz CT molecular complexity index is 561. The first-order chi connectivity index (χ1) is 8.47. The number of aryl methyl sites for hydroxylation is 2. The second kappa shape index (κ2) is 5.72. The van der Waals surface area contributed by atoms with Gasteiger partial charge < -0.3 is 5.32 Å². The lowest BCUT2D eigenvalue weighted by Crippen LogP contribution is -2.00. The highest BCUT2D eigenvalue weighted by molar-refractivity contribution is 9.10. The molecule has 0 bridgehead atoms. The Kier molecular flexibility index (Phi) is 4.45. The summed E-state index contributed by atoms with van der Waals surface area (Å²) in [7, 11) is 0. The number of anilines is 1. The van der Waals surface area contributed by atoms with E-state index in [9.17, 15) is 4.39 Å². The Hall–Kier alpha value is -0.390. The van der Waals surface area contributed by atoms with Gasteiger partial charge in [-0.15, -0.1) is 11.3 Å². The van der Waals surface area contributed by atoms with E-state index in [1.165, 1.54) is 15.8 Å². The first kappa shape index (κ1) is 14.0. The molecule has 1 aromatic carbocycles. The molecule has 2 rings (SSSR count). The van der Waals surface area contributed by atoms with Gasteiger partial charge in [0.25, 0.3) is 0 Å². The lowest BCUT2D eigenvalue weighted by atomic mass is 10.2. The van der Waals surface area contributed by atoms with Crippen LogP contribution in [0.3, 0.4) is 0 Å². The number of rotatable bonds is 3. The molecule has 5 heteroatoms. The van der Waals surface area contributed by atoms with E-state index in [0.717, 1.165) is 15.7 Å². The molecule has 0 saturated heterocycles. The van der Waals surface area contributed by atoms with E-state index < -0.39 is 0 Å². The average molecular weight is 393 g/mol. The van der Waals surface area contributed by atoms with Gasteiger partial charge in [-0.3, -0.25) is 0 Å². The zero-order chi connectivity index (χ0) is 13.3. The normalized spacial score (nSPS) is 10.7. The van der Waals surface area contributed by atoms with E-state index >= 15 is 0 Å². The van der Waals surface area contributed by atoms with Crippen LogP contribution in [-0.4, -0.2) is 0 Å². The van der Waals surface area contributed by atoms with Crippen LogP contribution in [0.2, 0.25) is 0 Å². The third-order valence-electron chi connectivity index (χ3n) is 2.63. The summed E-state index contributed by atoms with van der Waals surface area (Å²) in [6, 6.07) is 5.40. The molecule has 0 unspecified atom stereocenters. The molecule has 1 N–H and O–H groups in total.